The molecule has 1 N–H and O–H groups in total. The molecule has 0 aliphatic carbocycles. The van der Waals surface area contributed by atoms with E-state index < -0.39 is 0 Å². The van der Waals surface area contributed by atoms with Gasteiger partial charge in [-0.15, -0.1) is 0 Å². The van der Waals surface area contributed by atoms with E-state index in [1.807, 2.05) is 6.07 Å². The topological polar surface area (TPSA) is 70.8 Å². The number of aromatic nitrogens is 2. The molecule has 5 nitrogen and oxygen atoms in total. The highest BCUT2D eigenvalue weighted by Crippen LogP contribution is 2.19. The van der Waals surface area contributed by atoms with Crippen molar-refractivity contribution in [2.24, 2.45) is 0 Å². The first-order valence-corrected chi connectivity index (χ1v) is 5.00. The molecule has 0 unspecified atom stereocenters. The fourth-order valence-electron chi connectivity index (χ4n) is 1.24. The third kappa shape index (κ3) is 2.69. The Labute approximate surface area is 98.7 Å². The van der Waals surface area contributed by atoms with Crippen LogP contribution in [-0.2, 0) is 0 Å². The summed E-state index contributed by atoms with van der Waals surface area (Å²) >= 11 is 0. The van der Waals surface area contributed by atoms with E-state index in [-0.39, 0.29) is 0 Å². The zero-order valence-electron chi connectivity index (χ0n) is 9.21. The van der Waals surface area contributed by atoms with Crippen LogP contribution >= 0.6 is 0 Å². The summed E-state index contributed by atoms with van der Waals surface area (Å²) in [6.07, 6.45) is 1.61. The van der Waals surface area contributed by atoms with E-state index in [1.54, 1.807) is 43.6 Å². The number of rotatable bonds is 3. The average molecular weight is 226 g/mol. The van der Waals surface area contributed by atoms with Crippen molar-refractivity contribution in [2.45, 2.75) is 0 Å². The van der Waals surface area contributed by atoms with Gasteiger partial charge in [0.05, 0.1) is 11.6 Å². The molecule has 0 amide bonds. The normalized spacial score (nSPS) is 9.41. The van der Waals surface area contributed by atoms with Crippen molar-refractivity contribution in [3.05, 3.63) is 42.1 Å². The number of anilines is 1. The van der Waals surface area contributed by atoms with E-state index in [2.05, 4.69) is 15.3 Å². The van der Waals surface area contributed by atoms with Gasteiger partial charge in [-0.2, -0.15) is 10.2 Å². The molecular weight excluding hydrogens is 216 g/mol. The fraction of sp³-hybridized carbons (Fsp3) is 0.0833. The SMILES string of the molecule is CNc1nccc(Oc2ccc(C#N)cc2)n1. The van der Waals surface area contributed by atoms with Gasteiger partial charge in [0.25, 0.3) is 0 Å². The highest BCUT2D eigenvalue weighted by molar-refractivity contribution is 5.36. The predicted octanol–water partition coefficient (Wildman–Crippen LogP) is 2.18. The molecule has 2 rings (SSSR count). The molecule has 5 heteroatoms. The van der Waals surface area contributed by atoms with Crippen molar-refractivity contribution in [3.63, 3.8) is 0 Å². The summed E-state index contributed by atoms with van der Waals surface area (Å²) < 4.78 is 5.52. The summed E-state index contributed by atoms with van der Waals surface area (Å²) in [5, 5.41) is 11.5. The first-order valence-electron chi connectivity index (χ1n) is 5.00. The first-order chi connectivity index (χ1) is 8.31. The van der Waals surface area contributed by atoms with Gasteiger partial charge in [0.1, 0.15) is 5.75 Å². The van der Waals surface area contributed by atoms with Gasteiger partial charge in [-0.05, 0) is 24.3 Å². The molecule has 1 heterocycles. The van der Waals surface area contributed by atoms with Crippen molar-refractivity contribution < 1.29 is 4.74 Å². The summed E-state index contributed by atoms with van der Waals surface area (Å²) in [4.78, 5) is 8.10. The lowest BCUT2D eigenvalue weighted by Gasteiger charge is -2.05. The highest BCUT2D eigenvalue weighted by atomic mass is 16.5. The fourth-order valence-corrected chi connectivity index (χ4v) is 1.24. The van der Waals surface area contributed by atoms with E-state index in [0.717, 1.165) is 0 Å². The molecule has 84 valence electrons. The number of nitrogens with one attached hydrogen (secondary N) is 1. The molecule has 2 aromatic rings. The number of hydrogen-bond donors (Lipinski definition) is 1. The zero-order chi connectivity index (χ0) is 12.1. The molecule has 0 saturated heterocycles. The van der Waals surface area contributed by atoms with Gasteiger partial charge in [-0.25, -0.2) is 4.98 Å². The Morgan fingerprint density at radius 1 is 1.24 bits per heavy atom. The Bertz CT molecular complexity index is 545. The molecule has 0 atom stereocenters. The predicted molar refractivity (Wildman–Crippen MR) is 62.8 cm³/mol. The van der Waals surface area contributed by atoms with Crippen LogP contribution in [0.2, 0.25) is 0 Å². The van der Waals surface area contributed by atoms with E-state index in [1.165, 1.54) is 0 Å². The van der Waals surface area contributed by atoms with Crippen LogP contribution in [0.1, 0.15) is 5.56 Å². The first kappa shape index (κ1) is 10.9. The average Bonchev–Trinajstić information content (AvgIpc) is 2.40. The monoisotopic (exact) mass is 226 g/mol. The number of benzene rings is 1. The lowest BCUT2D eigenvalue weighted by atomic mass is 10.2. The van der Waals surface area contributed by atoms with Crippen molar-refractivity contribution in [1.29, 1.82) is 5.26 Å². The zero-order valence-corrected chi connectivity index (χ0v) is 9.21. The molecule has 0 spiro atoms. The Morgan fingerprint density at radius 2 is 2.00 bits per heavy atom. The molecule has 0 bridgehead atoms. The number of ether oxygens (including phenoxy) is 1. The third-order valence-electron chi connectivity index (χ3n) is 2.06. The molecule has 0 saturated carbocycles. The quantitative estimate of drug-likeness (QED) is 0.868. The van der Waals surface area contributed by atoms with Gasteiger partial charge in [0.15, 0.2) is 0 Å². The molecule has 17 heavy (non-hydrogen) atoms. The van der Waals surface area contributed by atoms with Crippen LogP contribution in [0.4, 0.5) is 5.95 Å². The van der Waals surface area contributed by atoms with Crippen molar-refractivity contribution in [3.8, 4) is 17.7 Å². The van der Waals surface area contributed by atoms with Crippen LogP contribution in [0.3, 0.4) is 0 Å². The second kappa shape index (κ2) is 4.94. The van der Waals surface area contributed by atoms with Crippen LogP contribution in [0, 0.1) is 11.3 Å². The van der Waals surface area contributed by atoms with Crippen molar-refractivity contribution in [2.75, 3.05) is 12.4 Å². The summed E-state index contributed by atoms with van der Waals surface area (Å²) in [5.74, 6) is 1.58. The van der Waals surface area contributed by atoms with E-state index in [9.17, 15) is 0 Å². The maximum Gasteiger partial charge on any atom is 0.225 e. The maximum absolute atomic E-state index is 8.67. The van der Waals surface area contributed by atoms with Crippen LogP contribution in [0.15, 0.2) is 36.5 Å². The Morgan fingerprint density at radius 3 is 2.65 bits per heavy atom. The standard InChI is InChI=1S/C12H10N4O/c1-14-12-15-7-6-11(16-12)17-10-4-2-9(8-13)3-5-10/h2-7H,1H3,(H,14,15,16). The third-order valence-corrected chi connectivity index (χ3v) is 2.06. The summed E-state index contributed by atoms with van der Waals surface area (Å²) in [6, 6.07) is 10.5. The van der Waals surface area contributed by atoms with Gasteiger partial charge in [0, 0.05) is 19.3 Å². The van der Waals surface area contributed by atoms with Crippen molar-refractivity contribution >= 4 is 5.95 Å². The maximum atomic E-state index is 8.67. The van der Waals surface area contributed by atoms with Gasteiger partial charge in [-0.1, -0.05) is 0 Å². The van der Waals surface area contributed by atoms with E-state index in [4.69, 9.17) is 10.00 Å². The number of nitriles is 1. The highest BCUT2D eigenvalue weighted by Gasteiger charge is 2.00. The summed E-state index contributed by atoms with van der Waals surface area (Å²) in [5.41, 5.74) is 0.593. The second-order valence-corrected chi connectivity index (χ2v) is 3.21. The lowest BCUT2D eigenvalue weighted by Crippen LogP contribution is -1.97. The molecule has 1 aromatic heterocycles. The van der Waals surface area contributed by atoms with E-state index in [0.29, 0.717) is 23.1 Å². The van der Waals surface area contributed by atoms with Crippen molar-refractivity contribution in [1.82, 2.24) is 9.97 Å². The van der Waals surface area contributed by atoms with Crippen LogP contribution in [0.25, 0.3) is 0 Å². The Hall–Kier alpha value is -2.61. The minimum absolute atomic E-state index is 0.453. The number of hydrogen-bond acceptors (Lipinski definition) is 5. The van der Waals surface area contributed by atoms with E-state index >= 15 is 0 Å². The summed E-state index contributed by atoms with van der Waals surface area (Å²) in [6.45, 7) is 0. The van der Waals surface area contributed by atoms with Crippen LogP contribution in [-0.4, -0.2) is 17.0 Å². The lowest BCUT2D eigenvalue weighted by molar-refractivity contribution is 0.462. The smallest absolute Gasteiger partial charge is 0.225 e. The largest absolute Gasteiger partial charge is 0.439 e. The minimum atomic E-state index is 0.453. The molecule has 0 fully saturated rings. The number of nitrogens with zero attached hydrogens (tertiary/aromatic N) is 3. The van der Waals surface area contributed by atoms with Crippen LogP contribution < -0.4 is 10.1 Å². The van der Waals surface area contributed by atoms with Gasteiger partial charge in [0.2, 0.25) is 11.8 Å². The minimum Gasteiger partial charge on any atom is -0.439 e. The molecule has 0 aliphatic rings. The molecule has 0 radical (unpaired) electrons. The second-order valence-electron chi connectivity index (χ2n) is 3.21. The molecule has 0 aliphatic heterocycles. The van der Waals surface area contributed by atoms with Gasteiger partial charge >= 0.3 is 0 Å². The van der Waals surface area contributed by atoms with Crippen LogP contribution in [0.5, 0.6) is 11.6 Å². The Balaban J connectivity index is 2.16. The summed E-state index contributed by atoms with van der Waals surface area (Å²) in [7, 11) is 1.74. The molecule has 1 aromatic carbocycles. The molecular formula is C12H10N4O. The van der Waals surface area contributed by atoms with Gasteiger partial charge < -0.3 is 10.1 Å². The van der Waals surface area contributed by atoms with Gasteiger partial charge in [-0.3, -0.25) is 0 Å². The Kier molecular flexibility index (Phi) is 3.17.